The van der Waals surface area contributed by atoms with Gasteiger partial charge in [-0.3, -0.25) is 4.79 Å². The molecule has 1 heterocycles. The molecule has 1 atom stereocenters. The van der Waals surface area contributed by atoms with E-state index in [0.29, 0.717) is 11.4 Å². The van der Waals surface area contributed by atoms with E-state index in [4.69, 9.17) is 5.73 Å². The van der Waals surface area contributed by atoms with Gasteiger partial charge >= 0.3 is 0 Å². The van der Waals surface area contributed by atoms with Gasteiger partial charge in [0.2, 0.25) is 0 Å². The van der Waals surface area contributed by atoms with Gasteiger partial charge < -0.3 is 5.73 Å². The molecule has 1 aliphatic rings. The lowest BCUT2D eigenvalue weighted by Crippen LogP contribution is -2.12. The second-order valence-electron chi connectivity index (χ2n) is 5.00. The van der Waals surface area contributed by atoms with E-state index >= 15 is 0 Å². The number of hydrogen-bond acceptors (Lipinski definition) is 3. The van der Waals surface area contributed by atoms with Crippen LogP contribution >= 0.6 is 0 Å². The molecule has 0 aromatic carbocycles. The molecule has 1 aromatic rings. The molecular weight excluding hydrogens is 188 g/mol. The molecular formula is C12H16N2O. The number of nitrogen functional groups attached to an aromatic ring is 1. The first-order chi connectivity index (χ1) is 6.93. The standard InChI is InChI=1S/C12H16N2O/c1-7-4-5-14-11(13)9(7)10(15)8-6-12(8,2)3/h4-5,8H,6H2,1-3H3,(H2,13,14). The number of nitrogens with zero attached hydrogens (tertiary/aromatic N) is 1. The highest BCUT2D eigenvalue weighted by molar-refractivity contribution is 6.04. The number of rotatable bonds is 2. The van der Waals surface area contributed by atoms with Crippen LogP contribution in [0.15, 0.2) is 12.3 Å². The fourth-order valence-electron chi connectivity index (χ4n) is 1.99. The number of aromatic nitrogens is 1. The van der Waals surface area contributed by atoms with E-state index in [1.165, 1.54) is 0 Å². The number of carbonyl (C=O) groups is 1. The first-order valence-corrected chi connectivity index (χ1v) is 5.19. The Morgan fingerprint density at radius 1 is 1.60 bits per heavy atom. The van der Waals surface area contributed by atoms with Crippen LogP contribution in [0.2, 0.25) is 0 Å². The van der Waals surface area contributed by atoms with E-state index in [2.05, 4.69) is 18.8 Å². The number of pyridine rings is 1. The molecule has 1 aliphatic carbocycles. The van der Waals surface area contributed by atoms with Crippen LogP contribution in [0.25, 0.3) is 0 Å². The Hall–Kier alpha value is -1.38. The van der Waals surface area contributed by atoms with Crippen LogP contribution in [0.3, 0.4) is 0 Å². The summed E-state index contributed by atoms with van der Waals surface area (Å²) in [5, 5.41) is 0. The van der Waals surface area contributed by atoms with Crippen molar-refractivity contribution in [3.05, 3.63) is 23.4 Å². The zero-order chi connectivity index (χ0) is 11.2. The molecule has 1 saturated carbocycles. The largest absolute Gasteiger partial charge is 0.383 e. The number of nitrogens with two attached hydrogens (primary N) is 1. The van der Waals surface area contributed by atoms with Gasteiger partial charge in [-0.15, -0.1) is 0 Å². The van der Waals surface area contributed by atoms with Crippen molar-refractivity contribution in [2.24, 2.45) is 11.3 Å². The van der Waals surface area contributed by atoms with Crippen LogP contribution < -0.4 is 5.73 Å². The summed E-state index contributed by atoms with van der Waals surface area (Å²) < 4.78 is 0. The molecule has 1 unspecified atom stereocenters. The summed E-state index contributed by atoms with van der Waals surface area (Å²) in [6.07, 6.45) is 2.60. The summed E-state index contributed by atoms with van der Waals surface area (Å²) in [6.45, 7) is 6.12. The molecule has 0 bridgehead atoms. The summed E-state index contributed by atoms with van der Waals surface area (Å²) in [7, 11) is 0. The minimum atomic E-state index is 0.127. The molecule has 2 rings (SSSR count). The lowest BCUT2D eigenvalue weighted by molar-refractivity contribution is 0.0953. The lowest BCUT2D eigenvalue weighted by Gasteiger charge is -2.08. The molecule has 3 nitrogen and oxygen atoms in total. The number of ketones is 1. The average molecular weight is 204 g/mol. The highest BCUT2D eigenvalue weighted by atomic mass is 16.1. The van der Waals surface area contributed by atoms with Gasteiger partial charge in [0, 0.05) is 12.1 Å². The molecule has 2 N–H and O–H groups in total. The van der Waals surface area contributed by atoms with Crippen molar-refractivity contribution in [3.63, 3.8) is 0 Å². The molecule has 0 spiro atoms. The van der Waals surface area contributed by atoms with Crippen molar-refractivity contribution in [2.75, 3.05) is 5.73 Å². The van der Waals surface area contributed by atoms with Gasteiger partial charge in [-0.05, 0) is 30.4 Å². The molecule has 15 heavy (non-hydrogen) atoms. The zero-order valence-corrected chi connectivity index (χ0v) is 9.37. The number of Topliss-reactive ketones (excluding diaryl/α,β-unsaturated/α-hetero) is 1. The Morgan fingerprint density at radius 2 is 2.20 bits per heavy atom. The SMILES string of the molecule is Cc1ccnc(N)c1C(=O)C1CC1(C)C. The van der Waals surface area contributed by atoms with Gasteiger partial charge in [0.15, 0.2) is 5.78 Å². The van der Waals surface area contributed by atoms with Crippen molar-refractivity contribution < 1.29 is 4.79 Å². The Morgan fingerprint density at radius 3 is 2.67 bits per heavy atom. The summed E-state index contributed by atoms with van der Waals surface area (Å²) in [6, 6.07) is 1.83. The smallest absolute Gasteiger partial charge is 0.170 e. The monoisotopic (exact) mass is 204 g/mol. The second-order valence-corrected chi connectivity index (χ2v) is 5.00. The van der Waals surface area contributed by atoms with E-state index in [9.17, 15) is 4.79 Å². The van der Waals surface area contributed by atoms with Crippen LogP contribution in [0.5, 0.6) is 0 Å². The lowest BCUT2D eigenvalue weighted by atomic mass is 9.98. The summed E-state index contributed by atoms with van der Waals surface area (Å²) in [5.74, 6) is 0.647. The van der Waals surface area contributed by atoms with Crippen molar-refractivity contribution in [1.82, 2.24) is 4.98 Å². The van der Waals surface area contributed by atoms with Crippen molar-refractivity contribution in [1.29, 1.82) is 0 Å². The number of carbonyl (C=O) groups excluding carboxylic acids is 1. The third-order valence-electron chi connectivity index (χ3n) is 3.26. The molecule has 80 valence electrons. The van der Waals surface area contributed by atoms with E-state index in [1.807, 2.05) is 13.0 Å². The van der Waals surface area contributed by atoms with E-state index < -0.39 is 0 Å². The van der Waals surface area contributed by atoms with Crippen molar-refractivity contribution in [3.8, 4) is 0 Å². The number of hydrogen-bond donors (Lipinski definition) is 1. The molecule has 1 aromatic heterocycles. The average Bonchev–Trinajstić information content (AvgIpc) is 2.74. The fourth-order valence-corrected chi connectivity index (χ4v) is 1.99. The summed E-state index contributed by atoms with van der Waals surface area (Å²) >= 11 is 0. The topological polar surface area (TPSA) is 56.0 Å². The normalized spacial score (nSPS) is 22.5. The fraction of sp³-hybridized carbons (Fsp3) is 0.500. The minimum Gasteiger partial charge on any atom is -0.383 e. The third-order valence-corrected chi connectivity index (χ3v) is 3.26. The Balaban J connectivity index is 2.35. The van der Waals surface area contributed by atoms with E-state index in [0.717, 1.165) is 12.0 Å². The maximum Gasteiger partial charge on any atom is 0.170 e. The second kappa shape index (κ2) is 3.05. The molecule has 1 fully saturated rings. The number of anilines is 1. The van der Waals surface area contributed by atoms with Crippen molar-refractivity contribution in [2.45, 2.75) is 27.2 Å². The molecule has 0 saturated heterocycles. The third kappa shape index (κ3) is 1.62. The molecule has 0 aliphatic heterocycles. The highest BCUT2D eigenvalue weighted by Crippen LogP contribution is 2.53. The van der Waals surface area contributed by atoms with Crippen LogP contribution in [0.4, 0.5) is 5.82 Å². The predicted molar refractivity (Wildman–Crippen MR) is 59.6 cm³/mol. The van der Waals surface area contributed by atoms with Gasteiger partial charge in [0.1, 0.15) is 5.82 Å². The van der Waals surface area contributed by atoms with Gasteiger partial charge in [0.05, 0.1) is 5.56 Å². The van der Waals surface area contributed by atoms with Crippen molar-refractivity contribution >= 4 is 11.6 Å². The van der Waals surface area contributed by atoms with Gasteiger partial charge in [-0.2, -0.15) is 0 Å². The first-order valence-electron chi connectivity index (χ1n) is 5.19. The molecule has 0 radical (unpaired) electrons. The van der Waals surface area contributed by atoms with Gasteiger partial charge in [-0.25, -0.2) is 4.98 Å². The highest BCUT2D eigenvalue weighted by Gasteiger charge is 2.51. The molecule has 0 amide bonds. The first kappa shape index (κ1) is 10.1. The van der Waals surface area contributed by atoms with E-state index in [1.54, 1.807) is 6.20 Å². The van der Waals surface area contributed by atoms with Gasteiger partial charge in [-0.1, -0.05) is 13.8 Å². The Kier molecular flexibility index (Phi) is 2.07. The van der Waals surface area contributed by atoms with Crippen LogP contribution in [-0.2, 0) is 0 Å². The van der Waals surface area contributed by atoms with Crippen LogP contribution in [-0.4, -0.2) is 10.8 Å². The minimum absolute atomic E-state index is 0.127. The Labute approximate surface area is 89.7 Å². The van der Waals surface area contributed by atoms with Gasteiger partial charge in [0.25, 0.3) is 0 Å². The summed E-state index contributed by atoms with van der Waals surface area (Å²) in [4.78, 5) is 16.1. The maximum atomic E-state index is 12.1. The maximum absolute atomic E-state index is 12.1. The van der Waals surface area contributed by atoms with Crippen LogP contribution in [0.1, 0.15) is 36.2 Å². The summed E-state index contributed by atoms with van der Waals surface area (Å²) in [5.41, 5.74) is 7.43. The number of aryl methyl sites for hydroxylation is 1. The predicted octanol–water partition coefficient (Wildman–Crippen LogP) is 2.20. The Bertz CT molecular complexity index is 403. The zero-order valence-electron chi connectivity index (χ0n) is 9.37. The van der Waals surface area contributed by atoms with Crippen LogP contribution in [0, 0.1) is 18.3 Å². The van der Waals surface area contributed by atoms with E-state index in [-0.39, 0.29) is 17.1 Å². The molecule has 3 heteroatoms. The quantitative estimate of drug-likeness (QED) is 0.751.